The summed E-state index contributed by atoms with van der Waals surface area (Å²) in [5.74, 6) is 5.52. The third-order valence-corrected chi connectivity index (χ3v) is 2.32. The fourth-order valence-corrected chi connectivity index (χ4v) is 1.82. The molecule has 0 saturated heterocycles. The van der Waals surface area contributed by atoms with Crippen LogP contribution >= 0.6 is 11.6 Å². The summed E-state index contributed by atoms with van der Waals surface area (Å²) < 4.78 is 0. The molecule has 0 aliphatic rings. The van der Waals surface area contributed by atoms with Crippen LogP contribution in [-0.4, -0.2) is 0 Å². The molecule has 0 bridgehead atoms. The van der Waals surface area contributed by atoms with Crippen LogP contribution in [0.4, 0.5) is 0 Å². The van der Waals surface area contributed by atoms with Gasteiger partial charge in [0.05, 0.1) is 6.04 Å². The van der Waals surface area contributed by atoms with Crippen LogP contribution in [-0.2, 0) is 0 Å². The van der Waals surface area contributed by atoms with E-state index in [-0.39, 0.29) is 6.04 Å². The van der Waals surface area contributed by atoms with Gasteiger partial charge in [0, 0.05) is 5.02 Å². The van der Waals surface area contributed by atoms with Gasteiger partial charge in [0.15, 0.2) is 0 Å². The summed E-state index contributed by atoms with van der Waals surface area (Å²) in [6, 6.07) is 5.96. The Bertz CT molecular complexity index is 348. The second-order valence-electron chi connectivity index (χ2n) is 3.95. The van der Waals surface area contributed by atoms with Gasteiger partial charge in [0.25, 0.3) is 0 Å². The lowest BCUT2D eigenvalue weighted by molar-refractivity contribution is 0.651. The summed E-state index contributed by atoms with van der Waals surface area (Å²) >= 11 is 6.00. The molecule has 0 aromatic heterocycles. The minimum atomic E-state index is 0.0207. The molecular formula is C12H17ClN2. The molecule has 1 aromatic rings. The third kappa shape index (κ3) is 3.67. The Balaban J connectivity index is 3.07. The molecule has 1 rings (SSSR count). The first kappa shape index (κ1) is 12.2. The summed E-state index contributed by atoms with van der Waals surface area (Å²) in [6.07, 6.45) is 2.07. The van der Waals surface area contributed by atoms with Crippen LogP contribution in [0.25, 0.3) is 0 Å². The zero-order valence-corrected chi connectivity index (χ0v) is 10.1. The molecule has 82 valence electrons. The van der Waals surface area contributed by atoms with Crippen LogP contribution in [0.15, 0.2) is 29.8 Å². The average Bonchev–Trinajstić information content (AvgIpc) is 2.12. The van der Waals surface area contributed by atoms with Crippen LogP contribution in [0.3, 0.4) is 0 Å². The number of halogens is 1. The third-order valence-electron chi connectivity index (χ3n) is 2.10. The number of rotatable bonds is 3. The summed E-state index contributed by atoms with van der Waals surface area (Å²) in [4.78, 5) is 0. The Morgan fingerprint density at radius 1 is 1.40 bits per heavy atom. The molecule has 0 saturated carbocycles. The van der Waals surface area contributed by atoms with Crippen molar-refractivity contribution in [2.75, 3.05) is 0 Å². The van der Waals surface area contributed by atoms with E-state index in [1.54, 1.807) is 0 Å². The van der Waals surface area contributed by atoms with E-state index in [2.05, 4.69) is 17.6 Å². The monoisotopic (exact) mass is 224 g/mol. The normalized spacial score (nSPS) is 12.3. The van der Waals surface area contributed by atoms with Gasteiger partial charge in [-0.2, -0.15) is 0 Å². The molecule has 0 aliphatic heterocycles. The van der Waals surface area contributed by atoms with E-state index >= 15 is 0 Å². The highest BCUT2D eigenvalue weighted by molar-refractivity contribution is 6.30. The van der Waals surface area contributed by atoms with Gasteiger partial charge in [-0.05, 0) is 44.0 Å². The molecule has 2 nitrogen and oxygen atoms in total. The minimum absolute atomic E-state index is 0.0207. The lowest BCUT2D eigenvalue weighted by Gasteiger charge is -2.14. The van der Waals surface area contributed by atoms with Crippen molar-refractivity contribution in [2.24, 2.45) is 5.84 Å². The van der Waals surface area contributed by atoms with E-state index in [0.717, 1.165) is 16.1 Å². The molecule has 1 unspecified atom stereocenters. The Morgan fingerprint density at radius 3 is 2.53 bits per heavy atom. The fourth-order valence-electron chi connectivity index (χ4n) is 1.52. The van der Waals surface area contributed by atoms with Crippen molar-refractivity contribution in [3.8, 4) is 0 Å². The number of hydrogen-bond acceptors (Lipinski definition) is 2. The molecule has 15 heavy (non-hydrogen) atoms. The first-order valence-corrected chi connectivity index (χ1v) is 5.29. The van der Waals surface area contributed by atoms with Gasteiger partial charge in [0.2, 0.25) is 0 Å². The van der Waals surface area contributed by atoms with Crippen LogP contribution in [0, 0.1) is 6.92 Å². The van der Waals surface area contributed by atoms with Crippen molar-refractivity contribution >= 4 is 11.6 Å². The number of allylic oxidation sites excluding steroid dienone is 1. The van der Waals surface area contributed by atoms with E-state index < -0.39 is 0 Å². The molecule has 1 aromatic carbocycles. The zero-order valence-electron chi connectivity index (χ0n) is 9.34. The largest absolute Gasteiger partial charge is 0.271 e. The lowest BCUT2D eigenvalue weighted by Crippen LogP contribution is -2.26. The molecule has 1 atom stereocenters. The quantitative estimate of drug-likeness (QED) is 0.470. The van der Waals surface area contributed by atoms with Gasteiger partial charge in [-0.1, -0.05) is 29.3 Å². The fraction of sp³-hybridized carbons (Fsp3) is 0.333. The van der Waals surface area contributed by atoms with Crippen molar-refractivity contribution in [1.29, 1.82) is 0 Å². The maximum absolute atomic E-state index is 6.00. The van der Waals surface area contributed by atoms with Gasteiger partial charge < -0.3 is 0 Å². The van der Waals surface area contributed by atoms with Gasteiger partial charge >= 0.3 is 0 Å². The van der Waals surface area contributed by atoms with E-state index in [0.29, 0.717) is 0 Å². The molecule has 0 spiro atoms. The average molecular weight is 225 g/mol. The number of nitrogens with one attached hydrogen (secondary N) is 1. The van der Waals surface area contributed by atoms with Crippen molar-refractivity contribution in [3.63, 3.8) is 0 Å². The maximum atomic E-state index is 6.00. The van der Waals surface area contributed by atoms with Crippen LogP contribution < -0.4 is 11.3 Å². The number of aryl methyl sites for hydroxylation is 1. The van der Waals surface area contributed by atoms with E-state index in [1.807, 2.05) is 32.9 Å². The summed E-state index contributed by atoms with van der Waals surface area (Å²) in [6.45, 7) is 6.11. The molecule has 0 fully saturated rings. The second kappa shape index (κ2) is 5.31. The molecule has 3 heteroatoms. The van der Waals surface area contributed by atoms with Crippen molar-refractivity contribution < 1.29 is 0 Å². The van der Waals surface area contributed by atoms with Crippen LogP contribution in [0.5, 0.6) is 0 Å². The summed E-state index contributed by atoms with van der Waals surface area (Å²) in [5.41, 5.74) is 6.21. The highest BCUT2D eigenvalue weighted by Crippen LogP contribution is 2.21. The highest BCUT2D eigenvalue weighted by Gasteiger charge is 2.07. The van der Waals surface area contributed by atoms with Gasteiger partial charge in [-0.3, -0.25) is 5.84 Å². The molecule has 0 amide bonds. The zero-order chi connectivity index (χ0) is 11.4. The maximum Gasteiger partial charge on any atom is 0.0643 e. The Kier molecular flexibility index (Phi) is 4.33. The molecule has 0 heterocycles. The SMILES string of the molecule is CC(C)=CC(NN)c1cc(C)cc(Cl)c1. The van der Waals surface area contributed by atoms with Crippen molar-refractivity contribution in [1.82, 2.24) is 5.43 Å². The van der Waals surface area contributed by atoms with E-state index in [4.69, 9.17) is 17.4 Å². The van der Waals surface area contributed by atoms with Crippen molar-refractivity contribution in [2.45, 2.75) is 26.8 Å². The minimum Gasteiger partial charge on any atom is -0.271 e. The number of nitrogens with two attached hydrogens (primary N) is 1. The van der Waals surface area contributed by atoms with Crippen LogP contribution in [0.1, 0.15) is 31.0 Å². The molecule has 0 radical (unpaired) electrons. The standard InChI is InChI=1S/C12H17ClN2/c1-8(2)4-12(15-14)10-5-9(3)6-11(13)7-10/h4-7,12,15H,14H2,1-3H3. The Labute approximate surface area is 96.1 Å². The molecule has 3 N–H and O–H groups in total. The number of hydrogen-bond donors (Lipinski definition) is 2. The lowest BCUT2D eigenvalue weighted by atomic mass is 10.0. The van der Waals surface area contributed by atoms with Crippen molar-refractivity contribution in [3.05, 3.63) is 46.0 Å². The predicted molar refractivity (Wildman–Crippen MR) is 65.7 cm³/mol. The number of hydrazine groups is 1. The molecule has 0 aliphatic carbocycles. The highest BCUT2D eigenvalue weighted by atomic mass is 35.5. The first-order chi connectivity index (χ1) is 7.02. The Morgan fingerprint density at radius 2 is 2.07 bits per heavy atom. The topological polar surface area (TPSA) is 38.0 Å². The van der Waals surface area contributed by atoms with Gasteiger partial charge in [-0.25, -0.2) is 5.43 Å². The van der Waals surface area contributed by atoms with Gasteiger partial charge in [-0.15, -0.1) is 0 Å². The second-order valence-corrected chi connectivity index (χ2v) is 4.39. The Hall–Kier alpha value is -0.830. The van der Waals surface area contributed by atoms with Gasteiger partial charge in [0.1, 0.15) is 0 Å². The molecular weight excluding hydrogens is 208 g/mol. The van der Waals surface area contributed by atoms with E-state index in [1.165, 1.54) is 5.57 Å². The first-order valence-electron chi connectivity index (χ1n) is 4.91. The number of benzene rings is 1. The predicted octanol–water partition coefficient (Wildman–Crippen LogP) is 3.12. The van der Waals surface area contributed by atoms with E-state index in [9.17, 15) is 0 Å². The smallest absolute Gasteiger partial charge is 0.0643 e. The van der Waals surface area contributed by atoms with Crippen LogP contribution in [0.2, 0.25) is 5.02 Å². The summed E-state index contributed by atoms with van der Waals surface area (Å²) in [5, 5.41) is 0.743. The summed E-state index contributed by atoms with van der Waals surface area (Å²) in [7, 11) is 0.